The molecule has 0 saturated carbocycles. The van der Waals surface area contributed by atoms with Crippen LogP contribution in [0.3, 0.4) is 0 Å². The predicted molar refractivity (Wildman–Crippen MR) is 76.0 cm³/mol. The van der Waals surface area contributed by atoms with Gasteiger partial charge in [0.1, 0.15) is 0 Å². The molecule has 1 aliphatic rings. The monoisotopic (exact) mass is 349 g/mol. The Bertz CT molecular complexity index is 508. The minimum Gasteiger partial charge on any atom is -0.387 e. The molecule has 0 atom stereocenters. The number of amidine groups is 1. The Morgan fingerprint density at radius 3 is 2.35 bits per heavy atom. The first-order valence-electron chi connectivity index (χ1n) is 6.24. The summed E-state index contributed by atoms with van der Waals surface area (Å²) in [6.07, 6.45) is -2.83. The lowest BCUT2D eigenvalue weighted by atomic mass is 9.95. The minimum absolute atomic E-state index is 0.0828. The molecule has 1 aromatic rings. The lowest BCUT2D eigenvalue weighted by molar-refractivity contribution is -0.137. The molecule has 7 heteroatoms. The largest absolute Gasteiger partial charge is 0.416 e. The van der Waals surface area contributed by atoms with Crippen LogP contribution in [0.2, 0.25) is 0 Å². The van der Waals surface area contributed by atoms with Crippen LogP contribution < -0.4 is 10.6 Å². The average Bonchev–Trinajstić information content (AvgIpc) is 2.37. The van der Waals surface area contributed by atoms with Crippen LogP contribution in [0.15, 0.2) is 22.7 Å². The van der Waals surface area contributed by atoms with Gasteiger partial charge in [-0.05, 0) is 47.0 Å². The number of rotatable bonds is 2. The lowest BCUT2D eigenvalue weighted by Crippen LogP contribution is -2.38. The van der Waals surface area contributed by atoms with Gasteiger partial charge in [-0.1, -0.05) is 0 Å². The molecule has 0 unspecified atom stereocenters. The molecule has 1 aromatic carbocycles. The zero-order valence-corrected chi connectivity index (χ0v) is 12.3. The van der Waals surface area contributed by atoms with E-state index in [0.29, 0.717) is 17.6 Å². The molecule has 1 aliphatic heterocycles. The van der Waals surface area contributed by atoms with Gasteiger partial charge in [0.2, 0.25) is 0 Å². The van der Waals surface area contributed by atoms with Gasteiger partial charge in [0.15, 0.2) is 0 Å². The van der Waals surface area contributed by atoms with Gasteiger partial charge in [-0.3, -0.25) is 5.41 Å². The van der Waals surface area contributed by atoms with Crippen molar-refractivity contribution in [2.24, 2.45) is 11.7 Å². The molecule has 0 aromatic heterocycles. The van der Waals surface area contributed by atoms with E-state index >= 15 is 0 Å². The lowest BCUT2D eigenvalue weighted by Gasteiger charge is -2.33. The van der Waals surface area contributed by atoms with Gasteiger partial charge in [0, 0.05) is 23.5 Å². The van der Waals surface area contributed by atoms with Gasteiger partial charge >= 0.3 is 6.18 Å². The molecule has 0 amide bonds. The highest BCUT2D eigenvalue weighted by Gasteiger charge is 2.31. The van der Waals surface area contributed by atoms with E-state index in [-0.39, 0.29) is 11.8 Å². The highest BCUT2D eigenvalue weighted by atomic mass is 79.9. The van der Waals surface area contributed by atoms with Crippen molar-refractivity contribution < 1.29 is 13.2 Å². The zero-order valence-electron chi connectivity index (χ0n) is 10.7. The Hall–Kier alpha value is -1.24. The SMILES string of the molecule is N=C(N)C1CCN(c2ccc(C(F)(F)F)cc2Br)CC1. The molecule has 0 bridgehead atoms. The molecule has 3 N–H and O–H groups in total. The Labute approximate surface area is 123 Å². The first kappa shape index (κ1) is 15.2. The molecule has 1 saturated heterocycles. The number of hydrogen-bond acceptors (Lipinski definition) is 2. The number of nitrogens with one attached hydrogen (secondary N) is 1. The summed E-state index contributed by atoms with van der Waals surface area (Å²) in [6, 6.07) is 3.69. The number of nitrogens with two attached hydrogens (primary N) is 1. The molecule has 1 heterocycles. The van der Waals surface area contributed by atoms with Crippen LogP contribution in [0.1, 0.15) is 18.4 Å². The molecular formula is C13H15BrF3N3. The Balaban J connectivity index is 2.13. The van der Waals surface area contributed by atoms with Crippen LogP contribution in [0.25, 0.3) is 0 Å². The summed E-state index contributed by atoms with van der Waals surface area (Å²) in [5.41, 5.74) is 5.57. The van der Waals surface area contributed by atoms with Gasteiger partial charge in [0.25, 0.3) is 0 Å². The fourth-order valence-electron chi connectivity index (χ4n) is 2.37. The Morgan fingerprint density at radius 1 is 1.30 bits per heavy atom. The van der Waals surface area contributed by atoms with Crippen LogP contribution >= 0.6 is 15.9 Å². The van der Waals surface area contributed by atoms with Gasteiger partial charge in [-0.2, -0.15) is 13.2 Å². The quantitative estimate of drug-likeness (QED) is 0.632. The van der Waals surface area contributed by atoms with Crippen molar-refractivity contribution in [3.8, 4) is 0 Å². The van der Waals surface area contributed by atoms with Crippen molar-refractivity contribution in [1.29, 1.82) is 5.41 Å². The van der Waals surface area contributed by atoms with Crippen LogP contribution in [-0.2, 0) is 6.18 Å². The number of halogens is 4. The topological polar surface area (TPSA) is 53.1 Å². The van der Waals surface area contributed by atoms with Gasteiger partial charge in [0.05, 0.1) is 17.1 Å². The molecule has 20 heavy (non-hydrogen) atoms. The van der Waals surface area contributed by atoms with Gasteiger partial charge in [-0.15, -0.1) is 0 Å². The second-order valence-electron chi connectivity index (χ2n) is 4.88. The smallest absolute Gasteiger partial charge is 0.387 e. The minimum atomic E-state index is -4.33. The summed E-state index contributed by atoms with van der Waals surface area (Å²) < 4.78 is 38.3. The van der Waals surface area contributed by atoms with E-state index < -0.39 is 11.7 Å². The number of hydrogen-bond donors (Lipinski definition) is 2. The predicted octanol–water partition coefficient (Wildman–Crippen LogP) is 3.62. The first-order chi connectivity index (χ1) is 9.29. The third kappa shape index (κ3) is 3.26. The molecule has 3 nitrogen and oxygen atoms in total. The number of benzene rings is 1. The van der Waals surface area contributed by atoms with Gasteiger partial charge < -0.3 is 10.6 Å². The molecule has 0 aliphatic carbocycles. The Morgan fingerprint density at radius 2 is 1.90 bits per heavy atom. The van der Waals surface area contributed by atoms with E-state index in [1.165, 1.54) is 6.07 Å². The summed E-state index contributed by atoms with van der Waals surface area (Å²) in [5.74, 6) is 0.274. The maximum Gasteiger partial charge on any atom is 0.416 e. The summed E-state index contributed by atoms with van der Waals surface area (Å²) in [5, 5.41) is 7.42. The molecule has 1 fully saturated rings. The second kappa shape index (κ2) is 5.63. The number of piperidine rings is 1. The fraction of sp³-hybridized carbons (Fsp3) is 0.462. The first-order valence-corrected chi connectivity index (χ1v) is 7.04. The molecule has 0 radical (unpaired) electrons. The normalized spacial score (nSPS) is 17.3. The maximum atomic E-state index is 12.6. The number of anilines is 1. The molecule has 110 valence electrons. The zero-order chi connectivity index (χ0) is 14.9. The van der Waals surface area contributed by atoms with E-state index in [2.05, 4.69) is 15.9 Å². The highest BCUT2D eigenvalue weighted by molar-refractivity contribution is 9.10. The average molecular weight is 350 g/mol. The van der Waals surface area contributed by atoms with Crippen molar-refractivity contribution >= 4 is 27.5 Å². The number of alkyl halides is 3. The van der Waals surface area contributed by atoms with Crippen LogP contribution in [-0.4, -0.2) is 18.9 Å². The highest BCUT2D eigenvalue weighted by Crippen LogP contribution is 2.36. The number of nitrogens with zero attached hydrogens (tertiary/aromatic N) is 1. The van der Waals surface area contributed by atoms with Crippen LogP contribution in [0.4, 0.5) is 18.9 Å². The van der Waals surface area contributed by atoms with Crippen molar-refractivity contribution in [1.82, 2.24) is 0 Å². The van der Waals surface area contributed by atoms with E-state index in [0.717, 1.165) is 30.7 Å². The van der Waals surface area contributed by atoms with Crippen molar-refractivity contribution in [3.05, 3.63) is 28.2 Å². The van der Waals surface area contributed by atoms with Crippen molar-refractivity contribution in [3.63, 3.8) is 0 Å². The van der Waals surface area contributed by atoms with E-state index in [1.54, 1.807) is 0 Å². The third-order valence-corrected chi connectivity index (χ3v) is 4.19. The summed E-state index contributed by atoms with van der Waals surface area (Å²) >= 11 is 3.21. The third-order valence-electron chi connectivity index (χ3n) is 3.55. The van der Waals surface area contributed by atoms with E-state index in [1.807, 2.05) is 4.90 Å². The van der Waals surface area contributed by atoms with Crippen molar-refractivity contribution in [2.45, 2.75) is 19.0 Å². The van der Waals surface area contributed by atoms with E-state index in [9.17, 15) is 13.2 Å². The molecular weight excluding hydrogens is 335 g/mol. The van der Waals surface area contributed by atoms with Crippen LogP contribution in [0.5, 0.6) is 0 Å². The van der Waals surface area contributed by atoms with Gasteiger partial charge in [-0.25, -0.2) is 0 Å². The Kier molecular flexibility index (Phi) is 4.27. The fourth-order valence-corrected chi connectivity index (χ4v) is 3.00. The maximum absolute atomic E-state index is 12.6. The second-order valence-corrected chi connectivity index (χ2v) is 5.73. The molecule has 0 spiro atoms. The summed E-state index contributed by atoms with van der Waals surface area (Å²) in [6.45, 7) is 1.38. The summed E-state index contributed by atoms with van der Waals surface area (Å²) in [7, 11) is 0. The molecule has 2 rings (SSSR count). The summed E-state index contributed by atoms with van der Waals surface area (Å²) in [4.78, 5) is 2.02. The van der Waals surface area contributed by atoms with Crippen LogP contribution in [0, 0.1) is 11.3 Å². The van der Waals surface area contributed by atoms with E-state index in [4.69, 9.17) is 11.1 Å². The van der Waals surface area contributed by atoms with Crippen molar-refractivity contribution in [2.75, 3.05) is 18.0 Å². The standard InChI is InChI=1S/C13H15BrF3N3/c14-10-7-9(13(15,16)17)1-2-11(10)20-5-3-8(4-6-20)12(18)19/h1-2,7-8H,3-6H2,(H3,18,19).